The highest BCUT2D eigenvalue weighted by molar-refractivity contribution is 5.29. The van der Waals surface area contributed by atoms with Gasteiger partial charge in [-0.25, -0.2) is 0 Å². The summed E-state index contributed by atoms with van der Waals surface area (Å²) in [5.41, 5.74) is -0.374. The van der Waals surface area contributed by atoms with Crippen molar-refractivity contribution in [3.05, 3.63) is 35.4 Å². The van der Waals surface area contributed by atoms with E-state index in [9.17, 15) is 18.3 Å². The number of aliphatic hydroxyl groups excluding tert-OH is 1. The fourth-order valence-corrected chi connectivity index (χ4v) is 2.54. The molecule has 1 aromatic carbocycles. The number of benzene rings is 1. The lowest BCUT2D eigenvalue weighted by atomic mass is 9.92. The summed E-state index contributed by atoms with van der Waals surface area (Å²) in [7, 11) is 0. The third-order valence-corrected chi connectivity index (χ3v) is 3.61. The largest absolute Gasteiger partial charge is 0.416 e. The summed E-state index contributed by atoms with van der Waals surface area (Å²) in [6, 6.07) is 5.46. The van der Waals surface area contributed by atoms with Gasteiger partial charge in [-0.1, -0.05) is 31.0 Å². The maximum Gasteiger partial charge on any atom is 0.416 e. The number of alkyl halides is 3. The Morgan fingerprint density at radius 3 is 2.53 bits per heavy atom. The van der Waals surface area contributed by atoms with Crippen LogP contribution in [-0.2, 0) is 12.7 Å². The third kappa shape index (κ3) is 3.70. The van der Waals surface area contributed by atoms with Crippen molar-refractivity contribution < 1.29 is 18.3 Å². The van der Waals surface area contributed by atoms with Gasteiger partial charge >= 0.3 is 6.18 Å². The highest BCUT2D eigenvalue weighted by Gasteiger charge is 2.33. The van der Waals surface area contributed by atoms with Gasteiger partial charge in [-0.05, 0) is 24.5 Å². The van der Waals surface area contributed by atoms with Crippen molar-refractivity contribution >= 4 is 0 Å². The summed E-state index contributed by atoms with van der Waals surface area (Å²) < 4.78 is 38.4. The van der Waals surface area contributed by atoms with Crippen LogP contribution in [0.15, 0.2) is 24.3 Å². The molecule has 0 heterocycles. The van der Waals surface area contributed by atoms with E-state index in [1.54, 1.807) is 6.07 Å². The molecular weight excluding hydrogens is 255 g/mol. The molecule has 0 aliphatic heterocycles. The van der Waals surface area contributed by atoms with Gasteiger partial charge in [-0.2, -0.15) is 13.2 Å². The predicted octanol–water partition coefficient (Wildman–Crippen LogP) is 3.10. The van der Waals surface area contributed by atoms with Crippen molar-refractivity contribution in [1.82, 2.24) is 5.32 Å². The molecule has 106 valence electrons. The van der Waals surface area contributed by atoms with Crippen LogP contribution in [0.5, 0.6) is 0 Å². The second-order valence-corrected chi connectivity index (χ2v) is 4.99. The summed E-state index contributed by atoms with van der Waals surface area (Å²) in [5.74, 6) is 0. The predicted molar refractivity (Wildman–Crippen MR) is 66.5 cm³/mol. The molecule has 1 saturated carbocycles. The number of hydrogen-bond donors (Lipinski definition) is 2. The van der Waals surface area contributed by atoms with E-state index in [1.807, 2.05) is 0 Å². The minimum absolute atomic E-state index is 0.102. The minimum Gasteiger partial charge on any atom is -0.392 e. The Labute approximate surface area is 110 Å². The minimum atomic E-state index is -4.33. The van der Waals surface area contributed by atoms with Crippen LogP contribution < -0.4 is 5.32 Å². The average molecular weight is 273 g/mol. The number of rotatable bonds is 3. The summed E-state index contributed by atoms with van der Waals surface area (Å²) in [5, 5.41) is 12.8. The number of halogens is 3. The molecule has 0 amide bonds. The first-order valence-corrected chi connectivity index (χ1v) is 6.55. The second-order valence-electron chi connectivity index (χ2n) is 4.99. The first-order chi connectivity index (χ1) is 8.98. The van der Waals surface area contributed by atoms with Crippen molar-refractivity contribution in [3.8, 4) is 0 Å². The van der Waals surface area contributed by atoms with Gasteiger partial charge in [0.2, 0.25) is 0 Å². The van der Waals surface area contributed by atoms with Crippen LogP contribution >= 0.6 is 0 Å². The topological polar surface area (TPSA) is 32.3 Å². The standard InChI is InChI=1S/C14H18F3NO/c15-14(16,17)11-6-2-1-5-10(11)9-18-12-7-3-4-8-13(12)19/h1-2,5-6,12-13,18-19H,3-4,7-9H2/t12-,13-/m1/s1. The van der Waals surface area contributed by atoms with Crippen LogP contribution in [-0.4, -0.2) is 17.3 Å². The normalized spacial score (nSPS) is 24.4. The maximum absolute atomic E-state index is 12.8. The number of hydrogen-bond acceptors (Lipinski definition) is 2. The molecule has 2 rings (SSSR count). The first kappa shape index (κ1) is 14.3. The maximum atomic E-state index is 12.8. The molecule has 0 radical (unpaired) electrons. The Kier molecular flexibility index (Phi) is 4.47. The van der Waals surface area contributed by atoms with E-state index in [1.165, 1.54) is 12.1 Å². The van der Waals surface area contributed by atoms with E-state index in [0.717, 1.165) is 31.7 Å². The average Bonchev–Trinajstić information content (AvgIpc) is 2.37. The molecule has 0 saturated heterocycles. The van der Waals surface area contributed by atoms with E-state index >= 15 is 0 Å². The molecule has 2 nitrogen and oxygen atoms in total. The van der Waals surface area contributed by atoms with Gasteiger partial charge in [0.05, 0.1) is 11.7 Å². The Morgan fingerprint density at radius 2 is 1.84 bits per heavy atom. The van der Waals surface area contributed by atoms with Crippen molar-refractivity contribution in [2.45, 2.75) is 50.6 Å². The van der Waals surface area contributed by atoms with Crippen molar-refractivity contribution in [2.24, 2.45) is 0 Å². The Morgan fingerprint density at radius 1 is 1.16 bits per heavy atom. The van der Waals surface area contributed by atoms with Crippen LogP contribution in [0.1, 0.15) is 36.8 Å². The molecule has 0 bridgehead atoms. The van der Waals surface area contributed by atoms with Gasteiger partial charge in [-0.3, -0.25) is 0 Å². The molecule has 5 heteroatoms. The third-order valence-electron chi connectivity index (χ3n) is 3.61. The molecule has 0 aromatic heterocycles. The summed E-state index contributed by atoms with van der Waals surface area (Å²) in [4.78, 5) is 0. The fourth-order valence-electron chi connectivity index (χ4n) is 2.54. The molecule has 1 fully saturated rings. The highest BCUT2D eigenvalue weighted by Crippen LogP contribution is 2.32. The quantitative estimate of drug-likeness (QED) is 0.887. The van der Waals surface area contributed by atoms with Gasteiger partial charge in [-0.15, -0.1) is 0 Å². The van der Waals surface area contributed by atoms with E-state index in [2.05, 4.69) is 5.32 Å². The van der Waals surface area contributed by atoms with Crippen LogP contribution in [0.4, 0.5) is 13.2 Å². The lowest BCUT2D eigenvalue weighted by Crippen LogP contribution is -2.41. The van der Waals surface area contributed by atoms with Crippen LogP contribution in [0.3, 0.4) is 0 Å². The summed E-state index contributed by atoms with van der Waals surface area (Å²) in [6.45, 7) is 0.136. The summed E-state index contributed by atoms with van der Waals surface area (Å²) in [6.07, 6.45) is -1.25. The zero-order valence-corrected chi connectivity index (χ0v) is 10.6. The van der Waals surface area contributed by atoms with Crippen molar-refractivity contribution in [1.29, 1.82) is 0 Å². The van der Waals surface area contributed by atoms with Gasteiger partial charge in [0.1, 0.15) is 0 Å². The second kappa shape index (κ2) is 5.92. The van der Waals surface area contributed by atoms with Crippen LogP contribution in [0, 0.1) is 0 Å². The molecule has 1 aliphatic carbocycles. The number of aliphatic hydroxyl groups is 1. The molecule has 1 aliphatic rings. The van der Waals surface area contributed by atoms with E-state index in [-0.39, 0.29) is 18.2 Å². The molecule has 0 spiro atoms. The monoisotopic (exact) mass is 273 g/mol. The lowest BCUT2D eigenvalue weighted by Gasteiger charge is -2.29. The molecular formula is C14H18F3NO. The molecule has 2 N–H and O–H groups in total. The van der Waals surface area contributed by atoms with Crippen LogP contribution in [0.25, 0.3) is 0 Å². The van der Waals surface area contributed by atoms with Gasteiger partial charge in [0, 0.05) is 12.6 Å². The SMILES string of the molecule is O[C@@H]1CCCC[C@H]1NCc1ccccc1C(F)(F)F. The van der Waals surface area contributed by atoms with Gasteiger partial charge in [0.25, 0.3) is 0 Å². The lowest BCUT2D eigenvalue weighted by molar-refractivity contribution is -0.138. The zero-order chi connectivity index (χ0) is 13.9. The van der Waals surface area contributed by atoms with Gasteiger partial charge < -0.3 is 10.4 Å². The van der Waals surface area contributed by atoms with E-state index in [0.29, 0.717) is 0 Å². The zero-order valence-electron chi connectivity index (χ0n) is 10.6. The van der Waals surface area contributed by atoms with Crippen molar-refractivity contribution in [2.75, 3.05) is 0 Å². The van der Waals surface area contributed by atoms with Gasteiger partial charge in [0.15, 0.2) is 0 Å². The van der Waals surface area contributed by atoms with Crippen molar-refractivity contribution in [3.63, 3.8) is 0 Å². The van der Waals surface area contributed by atoms with Crippen LogP contribution in [0.2, 0.25) is 0 Å². The number of nitrogens with one attached hydrogen (secondary N) is 1. The molecule has 2 atom stereocenters. The Bertz CT molecular complexity index is 419. The fraction of sp³-hybridized carbons (Fsp3) is 0.571. The molecule has 1 aromatic rings. The smallest absolute Gasteiger partial charge is 0.392 e. The first-order valence-electron chi connectivity index (χ1n) is 6.55. The highest BCUT2D eigenvalue weighted by atomic mass is 19.4. The molecule has 0 unspecified atom stereocenters. The molecule has 19 heavy (non-hydrogen) atoms. The van der Waals surface area contributed by atoms with E-state index < -0.39 is 17.8 Å². The Balaban J connectivity index is 2.03. The Hall–Kier alpha value is -1.07. The summed E-state index contributed by atoms with van der Waals surface area (Å²) >= 11 is 0. The van der Waals surface area contributed by atoms with E-state index in [4.69, 9.17) is 0 Å².